The third-order valence-electron chi connectivity index (χ3n) is 21.1. The van der Waals surface area contributed by atoms with Crippen molar-refractivity contribution in [3.05, 3.63) is 36.0 Å². The maximum Gasteiger partial charge on any atom is 0.246 e. The van der Waals surface area contributed by atoms with Gasteiger partial charge in [0.25, 0.3) is 0 Å². The van der Waals surface area contributed by atoms with E-state index in [-0.39, 0.29) is 133 Å². The van der Waals surface area contributed by atoms with Crippen LogP contribution in [-0.4, -0.2) is 187 Å². The molecular weight excluding hydrogens is 1400 g/mol. The highest BCUT2D eigenvalue weighted by Crippen LogP contribution is 2.30. The number of nitrogens with two attached hydrogens (primary N) is 3. The molecule has 11 unspecified atom stereocenters. The molecule has 11 atom stereocenters. The molecule has 4 rings (SSSR count). The van der Waals surface area contributed by atoms with Crippen molar-refractivity contribution >= 4 is 91.1 Å². The lowest BCUT2D eigenvalue weighted by Gasteiger charge is -2.30. The van der Waals surface area contributed by atoms with Gasteiger partial charge in [-0.3, -0.25) is 57.5 Å². The number of nitrogens with zero attached hydrogens (tertiary/aromatic N) is 2. The van der Waals surface area contributed by atoms with E-state index in [1.165, 1.54) is 6.92 Å². The Bertz CT molecular complexity index is 3340. The molecule has 12 N–H and O–H groups in total. The SMILES string of the molecule is CCCCC1CC(=O)CN(S(=O)(=O)CCCC)CCCC(=O)C(CCCCN)NC(=O)C(CC(C)C)CC(=O)C(CCCCN)NC(=O)C(CC(C)C)CC(=O)C(CCCCN)NC(=O)COCC2CCCN2C(=O)C(Cc2c[nH]c3ccccc23)CC(=O)C(C)NC(=O)C(C(C)C)CC(=O)C(C(C)C)NC1=O. The van der Waals surface area contributed by atoms with Crippen LogP contribution in [0.5, 0.6) is 0 Å². The first-order chi connectivity index (χ1) is 51.3. The van der Waals surface area contributed by atoms with E-state index in [4.69, 9.17) is 21.9 Å². The minimum atomic E-state index is -4.10. The van der Waals surface area contributed by atoms with Crippen LogP contribution in [0.2, 0.25) is 0 Å². The molecule has 2 aromatic rings. The standard InChI is InChI=1S/C81H135N11O15S/c1-12-14-26-57-43-63(93)49-91(108(105,106)39-15-13-2)37-25-33-70(94)67(30-18-21-34-82)88-78(101)59(41-53(5)6)45-73(97)69(32-20-23-36-84)89-79(102)58(40-52(3)4)44-72(96)68(31-19-22-35-83)87-75(99)51-107-50-62-27-24-38-92(62)81(104)60(42-61-48-85-66-29-17-16-28-64(61)66)46-71(95)56(11)86-80(103)65(54(7)8)47-74(98)76(55(9)10)90-77(57)100/h16-17,28-29,48,52-60,62,65,67-69,76,85H,12-15,18-27,30-47,49-51,82-84H2,1-11H3,(H,86,103)(H,87,99)(H,88,101)(H,89,102)(H,90,100). The molecule has 6 amide bonds. The van der Waals surface area contributed by atoms with Crippen LogP contribution in [0.25, 0.3) is 10.9 Å². The smallest absolute Gasteiger partial charge is 0.246 e. The summed E-state index contributed by atoms with van der Waals surface area (Å²) in [5, 5.41) is 15.4. The average molecular weight is 1540 g/mol. The van der Waals surface area contributed by atoms with Crippen LogP contribution in [-0.2, 0) is 78.7 Å². The summed E-state index contributed by atoms with van der Waals surface area (Å²) in [7, 11) is -4.10. The fourth-order valence-electron chi connectivity index (χ4n) is 14.7. The van der Waals surface area contributed by atoms with Gasteiger partial charge < -0.3 is 58.4 Å². The fourth-order valence-corrected chi connectivity index (χ4v) is 16.4. The van der Waals surface area contributed by atoms with Gasteiger partial charge in [0.15, 0.2) is 28.9 Å². The summed E-state index contributed by atoms with van der Waals surface area (Å²) in [6.45, 7) is 19.9. The number of carbonyl (C=O) groups is 12. The summed E-state index contributed by atoms with van der Waals surface area (Å²) in [5.41, 5.74) is 19.4. The van der Waals surface area contributed by atoms with Gasteiger partial charge in [-0.1, -0.05) is 107 Å². The van der Waals surface area contributed by atoms with Crippen molar-refractivity contribution < 1.29 is 70.7 Å². The number of fused-ring (bicyclic) bond motifs is 2. The molecule has 0 radical (unpaired) electrons. The summed E-state index contributed by atoms with van der Waals surface area (Å²) in [5.74, 6) is -11.9. The number of carbonyl (C=O) groups excluding carboxylic acids is 12. The molecule has 2 fully saturated rings. The normalized spacial score (nSPS) is 25.3. The number of H-pyrrole nitrogens is 1. The van der Waals surface area contributed by atoms with Crippen molar-refractivity contribution in [1.82, 2.24) is 40.8 Å². The number of nitrogens with one attached hydrogen (secondary N) is 6. The van der Waals surface area contributed by atoms with E-state index in [0.717, 1.165) is 20.8 Å². The van der Waals surface area contributed by atoms with E-state index < -0.39 is 165 Å². The quantitative estimate of drug-likeness (QED) is 0.0385. The predicted octanol–water partition coefficient (Wildman–Crippen LogP) is 7.82. The third-order valence-corrected chi connectivity index (χ3v) is 23.0. The molecule has 108 heavy (non-hydrogen) atoms. The lowest BCUT2D eigenvalue weighted by Crippen LogP contribution is -2.50. The second-order valence-corrected chi connectivity index (χ2v) is 34.1. The van der Waals surface area contributed by atoms with Gasteiger partial charge >= 0.3 is 0 Å². The van der Waals surface area contributed by atoms with Gasteiger partial charge in [-0.25, -0.2) is 8.42 Å². The van der Waals surface area contributed by atoms with Gasteiger partial charge in [-0.05, 0) is 171 Å². The first-order valence-corrected chi connectivity index (χ1v) is 42.1. The van der Waals surface area contributed by atoms with Crippen LogP contribution in [0.15, 0.2) is 30.5 Å². The number of Topliss-reactive ketones (excluding diaryl/α,β-unsaturated/α-hetero) is 6. The van der Waals surface area contributed by atoms with Crippen LogP contribution in [0.3, 0.4) is 0 Å². The molecule has 2 saturated heterocycles. The highest BCUT2D eigenvalue weighted by molar-refractivity contribution is 7.89. The second-order valence-electron chi connectivity index (χ2n) is 32.0. The lowest BCUT2D eigenvalue weighted by molar-refractivity contribution is -0.141. The van der Waals surface area contributed by atoms with Crippen LogP contribution in [0, 0.1) is 53.3 Å². The molecule has 3 heterocycles. The van der Waals surface area contributed by atoms with Crippen molar-refractivity contribution in [2.45, 2.75) is 279 Å². The molecule has 1 aromatic carbocycles. The number of sulfonamides is 1. The topological polar surface area (TPSA) is 409 Å². The molecule has 26 nitrogen and oxygen atoms in total. The van der Waals surface area contributed by atoms with Gasteiger partial charge in [-0.15, -0.1) is 0 Å². The molecular formula is C81H135N11O15S. The summed E-state index contributed by atoms with van der Waals surface area (Å²) in [6, 6.07) is 1.72. The van der Waals surface area contributed by atoms with Gasteiger partial charge in [0.2, 0.25) is 45.5 Å². The molecule has 0 saturated carbocycles. The van der Waals surface area contributed by atoms with Crippen molar-refractivity contribution in [2.24, 2.45) is 70.5 Å². The monoisotopic (exact) mass is 1530 g/mol. The largest absolute Gasteiger partial charge is 0.370 e. The number of ether oxygens (including phenoxy) is 1. The molecule has 1 aromatic heterocycles. The van der Waals surface area contributed by atoms with E-state index >= 15 is 4.79 Å². The highest BCUT2D eigenvalue weighted by atomic mass is 32.2. The van der Waals surface area contributed by atoms with Crippen molar-refractivity contribution in [1.29, 1.82) is 0 Å². The zero-order chi connectivity index (χ0) is 80.2. The van der Waals surface area contributed by atoms with Crippen LogP contribution >= 0.6 is 0 Å². The van der Waals surface area contributed by atoms with E-state index in [0.29, 0.717) is 96.8 Å². The number of rotatable bonds is 27. The van der Waals surface area contributed by atoms with Crippen molar-refractivity contribution in [2.75, 3.05) is 58.2 Å². The summed E-state index contributed by atoms with van der Waals surface area (Å²) in [4.78, 5) is 180. The van der Waals surface area contributed by atoms with Crippen molar-refractivity contribution in [3.63, 3.8) is 0 Å². The van der Waals surface area contributed by atoms with Crippen LogP contribution in [0.1, 0.15) is 242 Å². The van der Waals surface area contributed by atoms with Gasteiger partial charge in [-0.2, -0.15) is 4.31 Å². The van der Waals surface area contributed by atoms with Gasteiger partial charge in [0.1, 0.15) is 12.4 Å². The molecule has 27 heteroatoms. The molecule has 610 valence electrons. The Morgan fingerprint density at radius 1 is 0.546 bits per heavy atom. The number of hydrogen-bond acceptors (Lipinski definition) is 18. The summed E-state index contributed by atoms with van der Waals surface area (Å²) >= 11 is 0. The van der Waals surface area contributed by atoms with E-state index in [2.05, 4.69) is 31.6 Å². The predicted molar refractivity (Wildman–Crippen MR) is 420 cm³/mol. The van der Waals surface area contributed by atoms with E-state index in [1.54, 1.807) is 32.6 Å². The zero-order valence-electron chi connectivity index (χ0n) is 67.0. The number of amides is 6. The van der Waals surface area contributed by atoms with Gasteiger partial charge in [0, 0.05) is 98.3 Å². The Morgan fingerprint density at radius 3 is 1.64 bits per heavy atom. The Balaban J connectivity index is 1.80. The molecule has 0 spiro atoms. The molecule has 0 aliphatic carbocycles. The number of benzene rings is 1. The highest BCUT2D eigenvalue weighted by Gasteiger charge is 2.40. The molecule has 2 aliphatic rings. The maximum absolute atomic E-state index is 15.1. The number of aromatic amines is 1. The Labute approximate surface area is 643 Å². The first kappa shape index (κ1) is 93.7. The van der Waals surface area contributed by atoms with Gasteiger partial charge in [0.05, 0.1) is 55.2 Å². The first-order valence-electron chi connectivity index (χ1n) is 40.5. The summed E-state index contributed by atoms with van der Waals surface area (Å²) in [6.07, 6.45) is 7.62. The number of hydrogen-bond donors (Lipinski definition) is 9. The average Bonchev–Trinajstić information content (AvgIpc) is 1.66. The summed E-state index contributed by atoms with van der Waals surface area (Å²) < 4.78 is 35.4. The minimum Gasteiger partial charge on any atom is -0.370 e. The number of ketones is 6. The number of para-hydroxylation sites is 1. The third kappa shape index (κ3) is 32.0. The molecule has 0 bridgehead atoms. The zero-order valence-corrected chi connectivity index (χ0v) is 67.8. The van der Waals surface area contributed by atoms with Crippen LogP contribution < -0.4 is 43.8 Å². The number of aromatic nitrogens is 1. The Kier molecular flexibility index (Phi) is 42.4. The van der Waals surface area contributed by atoms with Crippen molar-refractivity contribution in [3.8, 4) is 0 Å². The Morgan fingerprint density at radius 2 is 1.09 bits per heavy atom. The Hall–Kier alpha value is -6.65. The fraction of sp³-hybridized carbons (Fsp3) is 0.753. The second kappa shape index (κ2) is 48.9. The lowest BCUT2D eigenvalue weighted by atomic mass is 9.85. The van der Waals surface area contributed by atoms with E-state index in [9.17, 15) is 61.2 Å². The maximum atomic E-state index is 15.1. The number of unbranched alkanes of at least 4 members (excludes halogenated alkanes) is 5. The molecule has 2 aliphatic heterocycles. The van der Waals surface area contributed by atoms with Crippen LogP contribution in [0.4, 0.5) is 0 Å². The van der Waals surface area contributed by atoms with E-state index in [1.807, 2.05) is 72.0 Å². The minimum absolute atomic E-state index is 0.0313.